The first-order valence-corrected chi connectivity index (χ1v) is 14.4. The largest absolute Gasteiger partial charge is 0.467 e. The van der Waals surface area contributed by atoms with Gasteiger partial charge in [0.15, 0.2) is 0 Å². The van der Waals surface area contributed by atoms with E-state index in [2.05, 4.69) is 28.1 Å². The van der Waals surface area contributed by atoms with E-state index in [0.29, 0.717) is 19.4 Å². The van der Waals surface area contributed by atoms with Crippen LogP contribution in [-0.2, 0) is 23.8 Å². The number of ether oxygens (including phenoxy) is 3. The van der Waals surface area contributed by atoms with Crippen LogP contribution in [0, 0.1) is 5.92 Å². The number of alkyl carbamates (subject to hydrolysis) is 2. The smallest absolute Gasteiger partial charge is 0.407 e. The van der Waals surface area contributed by atoms with Crippen molar-refractivity contribution in [3.05, 3.63) is 59.7 Å². The van der Waals surface area contributed by atoms with Crippen molar-refractivity contribution in [3.8, 4) is 11.1 Å². The zero-order valence-electron chi connectivity index (χ0n) is 25.3. The molecule has 1 aliphatic rings. The summed E-state index contributed by atoms with van der Waals surface area (Å²) in [6.07, 6.45) is 0.0506. The molecule has 0 fully saturated rings. The molecule has 3 rings (SSSR count). The van der Waals surface area contributed by atoms with E-state index in [-0.39, 0.29) is 24.9 Å². The summed E-state index contributed by atoms with van der Waals surface area (Å²) in [5.74, 6) is -1.44. The molecule has 2 atom stereocenters. The molecular formula is C32H43N3O7. The highest BCUT2D eigenvalue weighted by atomic mass is 16.6. The summed E-state index contributed by atoms with van der Waals surface area (Å²) in [7, 11) is 1.26. The molecule has 1 aliphatic carbocycles. The summed E-state index contributed by atoms with van der Waals surface area (Å²) in [6, 6.07) is 14.2. The van der Waals surface area contributed by atoms with Gasteiger partial charge in [-0.2, -0.15) is 0 Å². The molecule has 2 aromatic rings. The zero-order chi connectivity index (χ0) is 30.9. The van der Waals surface area contributed by atoms with E-state index in [9.17, 15) is 19.2 Å². The van der Waals surface area contributed by atoms with Gasteiger partial charge in [-0.15, -0.1) is 0 Å². The normalized spacial score (nSPS) is 13.8. The lowest BCUT2D eigenvalue weighted by Gasteiger charge is -2.24. The van der Waals surface area contributed by atoms with Crippen molar-refractivity contribution in [3.63, 3.8) is 0 Å². The Bertz CT molecular complexity index is 1210. The second kappa shape index (κ2) is 14.7. The van der Waals surface area contributed by atoms with Gasteiger partial charge < -0.3 is 30.2 Å². The highest BCUT2D eigenvalue weighted by Gasteiger charge is 2.31. The molecule has 0 unspecified atom stereocenters. The fraction of sp³-hybridized carbons (Fsp3) is 0.500. The van der Waals surface area contributed by atoms with Crippen molar-refractivity contribution in [1.29, 1.82) is 0 Å². The number of carbonyl (C=O) groups is 4. The molecule has 3 amide bonds. The first-order valence-electron chi connectivity index (χ1n) is 14.4. The van der Waals surface area contributed by atoms with Crippen LogP contribution in [0.5, 0.6) is 0 Å². The van der Waals surface area contributed by atoms with Gasteiger partial charge in [0, 0.05) is 12.5 Å². The van der Waals surface area contributed by atoms with Crippen LogP contribution in [-0.4, -0.2) is 62.0 Å². The van der Waals surface area contributed by atoms with E-state index >= 15 is 0 Å². The Morgan fingerprint density at radius 3 is 2.00 bits per heavy atom. The average molecular weight is 582 g/mol. The Balaban J connectivity index is 1.63. The predicted octanol–water partition coefficient (Wildman–Crippen LogP) is 4.90. The van der Waals surface area contributed by atoms with E-state index in [0.717, 1.165) is 22.3 Å². The second-order valence-corrected chi connectivity index (χ2v) is 11.7. The summed E-state index contributed by atoms with van der Waals surface area (Å²) >= 11 is 0. The Morgan fingerprint density at radius 2 is 1.45 bits per heavy atom. The highest BCUT2D eigenvalue weighted by molar-refractivity contribution is 5.89. The lowest BCUT2D eigenvalue weighted by molar-refractivity contribution is -0.146. The number of amides is 3. The van der Waals surface area contributed by atoms with Crippen LogP contribution in [0.15, 0.2) is 48.5 Å². The van der Waals surface area contributed by atoms with E-state index in [1.165, 1.54) is 7.11 Å². The molecule has 2 aromatic carbocycles. The average Bonchev–Trinajstić information content (AvgIpc) is 3.26. The van der Waals surface area contributed by atoms with Crippen molar-refractivity contribution in [2.45, 2.75) is 77.5 Å². The first-order chi connectivity index (χ1) is 19.9. The monoisotopic (exact) mass is 581 g/mol. The van der Waals surface area contributed by atoms with Crippen LogP contribution in [0.2, 0.25) is 0 Å². The number of esters is 1. The second-order valence-electron chi connectivity index (χ2n) is 11.7. The maximum absolute atomic E-state index is 13.3. The van der Waals surface area contributed by atoms with Gasteiger partial charge in [-0.1, -0.05) is 62.4 Å². The Hall–Kier alpha value is -4.08. The van der Waals surface area contributed by atoms with Crippen molar-refractivity contribution in [1.82, 2.24) is 16.0 Å². The summed E-state index contributed by atoms with van der Waals surface area (Å²) < 4.78 is 15.7. The van der Waals surface area contributed by atoms with Gasteiger partial charge in [0.2, 0.25) is 5.91 Å². The van der Waals surface area contributed by atoms with Gasteiger partial charge in [-0.05, 0) is 68.2 Å². The number of fused-ring (bicyclic) bond motifs is 3. The van der Waals surface area contributed by atoms with Gasteiger partial charge in [-0.3, -0.25) is 4.79 Å². The van der Waals surface area contributed by atoms with E-state index < -0.39 is 41.7 Å². The van der Waals surface area contributed by atoms with E-state index in [1.54, 1.807) is 34.6 Å². The number of hydrogen-bond donors (Lipinski definition) is 3. The quantitative estimate of drug-likeness (QED) is 0.184. The van der Waals surface area contributed by atoms with Crippen LogP contribution in [0.4, 0.5) is 9.59 Å². The standard InChI is InChI=1S/C32H43N3O7/c1-20(2)27(29(37)40-6)35-28(36)26(17-11-12-18-33-30(38)42-32(3,4)5)34-31(39)41-19-25-23-15-9-7-13-21(23)22-14-8-10-16-24(22)25/h7-10,13-16,20,25-27H,11-12,17-19H2,1-6H3,(H,33,38)(H,34,39)(H,35,36)/t26-,27-/m0/s1. The van der Waals surface area contributed by atoms with Gasteiger partial charge >= 0.3 is 18.2 Å². The van der Waals surface area contributed by atoms with E-state index in [1.807, 2.05) is 36.4 Å². The molecule has 0 aliphatic heterocycles. The van der Waals surface area contributed by atoms with Crippen LogP contribution in [0.1, 0.15) is 70.9 Å². The molecular weight excluding hydrogens is 538 g/mol. The number of unbranched alkanes of at least 4 members (excludes halogenated alkanes) is 1. The number of benzene rings is 2. The SMILES string of the molecule is COC(=O)[C@@H](NC(=O)[C@H](CCCCNC(=O)OC(C)(C)C)NC(=O)OCC1c2ccccc2-c2ccccc21)C(C)C. The Morgan fingerprint density at radius 1 is 0.857 bits per heavy atom. The fourth-order valence-corrected chi connectivity index (χ4v) is 4.91. The summed E-state index contributed by atoms with van der Waals surface area (Å²) in [6.45, 7) is 9.36. The molecule has 42 heavy (non-hydrogen) atoms. The summed E-state index contributed by atoms with van der Waals surface area (Å²) in [5, 5.41) is 8.08. The maximum Gasteiger partial charge on any atom is 0.407 e. The highest BCUT2D eigenvalue weighted by Crippen LogP contribution is 2.44. The minimum absolute atomic E-state index is 0.102. The number of rotatable bonds is 12. The van der Waals surface area contributed by atoms with Gasteiger partial charge in [0.1, 0.15) is 24.3 Å². The molecule has 0 saturated carbocycles. The first kappa shape index (κ1) is 32.4. The third-order valence-corrected chi connectivity index (χ3v) is 6.96. The fourth-order valence-electron chi connectivity index (χ4n) is 4.91. The Kier molecular flexibility index (Phi) is 11.4. The molecule has 0 radical (unpaired) electrons. The lowest BCUT2D eigenvalue weighted by atomic mass is 9.98. The van der Waals surface area contributed by atoms with Crippen LogP contribution in [0.25, 0.3) is 11.1 Å². The molecule has 0 aromatic heterocycles. The third kappa shape index (κ3) is 8.96. The molecule has 10 nitrogen and oxygen atoms in total. The third-order valence-electron chi connectivity index (χ3n) is 6.96. The topological polar surface area (TPSA) is 132 Å². The Labute approximate surface area is 247 Å². The van der Waals surface area contributed by atoms with Gasteiger partial charge in [-0.25, -0.2) is 14.4 Å². The zero-order valence-corrected chi connectivity index (χ0v) is 25.3. The van der Waals surface area contributed by atoms with Gasteiger partial charge in [0.25, 0.3) is 0 Å². The predicted molar refractivity (Wildman–Crippen MR) is 159 cm³/mol. The summed E-state index contributed by atoms with van der Waals surface area (Å²) in [4.78, 5) is 50.4. The van der Waals surface area contributed by atoms with Crippen LogP contribution in [0.3, 0.4) is 0 Å². The lowest BCUT2D eigenvalue weighted by Crippen LogP contribution is -2.53. The van der Waals surface area contributed by atoms with Gasteiger partial charge in [0.05, 0.1) is 7.11 Å². The molecule has 0 saturated heterocycles. The minimum atomic E-state index is -0.965. The van der Waals surface area contributed by atoms with Crippen molar-refractivity contribution >= 4 is 24.1 Å². The van der Waals surface area contributed by atoms with Crippen molar-refractivity contribution in [2.24, 2.45) is 5.92 Å². The van der Waals surface area contributed by atoms with Crippen molar-refractivity contribution < 1.29 is 33.4 Å². The maximum atomic E-state index is 13.3. The van der Waals surface area contributed by atoms with Crippen LogP contribution >= 0.6 is 0 Å². The summed E-state index contributed by atoms with van der Waals surface area (Å²) in [5.41, 5.74) is 3.78. The molecule has 0 spiro atoms. The molecule has 0 heterocycles. The molecule has 0 bridgehead atoms. The van der Waals surface area contributed by atoms with Crippen LogP contribution < -0.4 is 16.0 Å². The van der Waals surface area contributed by atoms with E-state index in [4.69, 9.17) is 14.2 Å². The molecule has 10 heteroatoms. The van der Waals surface area contributed by atoms with Crippen molar-refractivity contribution in [2.75, 3.05) is 20.3 Å². The number of nitrogens with one attached hydrogen (secondary N) is 3. The number of hydrogen-bond acceptors (Lipinski definition) is 7. The number of methoxy groups -OCH3 is 1. The number of carbonyl (C=O) groups excluding carboxylic acids is 4. The molecule has 3 N–H and O–H groups in total. The molecule has 228 valence electrons. The minimum Gasteiger partial charge on any atom is -0.467 e.